The summed E-state index contributed by atoms with van der Waals surface area (Å²) in [4.78, 5) is 28.6. The number of aryl methyl sites for hydroxylation is 1. The number of anilines is 2. The zero-order chi connectivity index (χ0) is 23.4. The number of nitrogens with one attached hydrogen (secondary N) is 2. The molecule has 0 radical (unpaired) electrons. The molecule has 176 valence electrons. The second-order valence-corrected chi connectivity index (χ2v) is 10.4. The number of likely N-dealkylation sites (N-methyl/N-ethyl adjacent to an activating group) is 1. The van der Waals surface area contributed by atoms with E-state index in [9.17, 15) is 4.79 Å². The lowest BCUT2D eigenvalue weighted by atomic mass is 9.86. The van der Waals surface area contributed by atoms with E-state index in [1.807, 2.05) is 17.0 Å². The van der Waals surface area contributed by atoms with Gasteiger partial charge in [0.1, 0.15) is 22.7 Å². The summed E-state index contributed by atoms with van der Waals surface area (Å²) in [6, 6.07) is 4.42. The standard InChI is InChI=1S/C24H27N7O2S/c1-30(2)15-10-31(11-15)24(32)13-4-5-16-20(7-13)34-23-21(16)22(25-12-26-23)28-18-6-14-9-27-29-17(14)8-19(18)33-3/h6,8-9,12-13,15H,4-5,7,10-11H2,1-3H3,(H,27,29)(H,25,26,28)/t13-/m0/s1. The number of hydrogen-bond donors (Lipinski definition) is 2. The fourth-order valence-electron chi connectivity index (χ4n) is 5.00. The maximum atomic E-state index is 13.1. The van der Waals surface area contributed by atoms with Crippen LogP contribution in [0.25, 0.3) is 21.1 Å². The van der Waals surface area contributed by atoms with Crippen molar-refractivity contribution in [3.05, 3.63) is 35.1 Å². The number of carbonyl (C=O) groups is 1. The van der Waals surface area contributed by atoms with Gasteiger partial charge in [0.25, 0.3) is 0 Å². The molecule has 0 spiro atoms. The summed E-state index contributed by atoms with van der Waals surface area (Å²) < 4.78 is 5.61. The summed E-state index contributed by atoms with van der Waals surface area (Å²) in [5.41, 5.74) is 3.01. The summed E-state index contributed by atoms with van der Waals surface area (Å²) >= 11 is 1.69. The first kappa shape index (κ1) is 21.3. The van der Waals surface area contributed by atoms with Crippen molar-refractivity contribution in [2.24, 2.45) is 5.92 Å². The number of methoxy groups -OCH3 is 1. The number of fused-ring (bicyclic) bond motifs is 4. The van der Waals surface area contributed by atoms with Crippen LogP contribution in [-0.4, -0.2) is 76.2 Å². The Morgan fingerprint density at radius 2 is 2.15 bits per heavy atom. The molecule has 4 heterocycles. The van der Waals surface area contributed by atoms with Crippen LogP contribution in [0.4, 0.5) is 11.5 Å². The summed E-state index contributed by atoms with van der Waals surface area (Å²) in [7, 11) is 5.80. The number of carbonyl (C=O) groups excluding carboxylic acids is 1. The highest BCUT2D eigenvalue weighted by Crippen LogP contribution is 2.42. The van der Waals surface area contributed by atoms with Gasteiger partial charge in [0.05, 0.1) is 29.9 Å². The van der Waals surface area contributed by atoms with E-state index in [1.54, 1.807) is 31.0 Å². The summed E-state index contributed by atoms with van der Waals surface area (Å²) in [6.45, 7) is 1.67. The molecule has 1 aromatic carbocycles. The molecule has 1 aliphatic heterocycles. The molecule has 9 nitrogen and oxygen atoms in total. The largest absolute Gasteiger partial charge is 0.494 e. The van der Waals surface area contributed by atoms with Crippen LogP contribution < -0.4 is 10.1 Å². The number of ether oxygens (including phenoxy) is 1. The van der Waals surface area contributed by atoms with E-state index < -0.39 is 0 Å². The van der Waals surface area contributed by atoms with Crippen molar-refractivity contribution in [1.29, 1.82) is 0 Å². The lowest BCUT2D eigenvalue weighted by Crippen LogP contribution is -2.60. The van der Waals surface area contributed by atoms with E-state index in [-0.39, 0.29) is 5.92 Å². The van der Waals surface area contributed by atoms with E-state index >= 15 is 0 Å². The first-order valence-electron chi connectivity index (χ1n) is 11.5. The molecule has 0 saturated carbocycles. The van der Waals surface area contributed by atoms with E-state index in [1.165, 1.54) is 10.4 Å². The van der Waals surface area contributed by atoms with E-state index in [0.29, 0.717) is 17.7 Å². The van der Waals surface area contributed by atoms with Gasteiger partial charge in [0, 0.05) is 41.4 Å². The van der Waals surface area contributed by atoms with E-state index in [2.05, 4.69) is 44.5 Å². The predicted molar refractivity (Wildman–Crippen MR) is 133 cm³/mol. The topological polar surface area (TPSA) is 99.3 Å². The average Bonchev–Trinajstić information content (AvgIpc) is 3.40. The molecule has 1 saturated heterocycles. The smallest absolute Gasteiger partial charge is 0.226 e. The first-order chi connectivity index (χ1) is 16.5. The number of amides is 1. The molecule has 1 fully saturated rings. The molecule has 0 unspecified atom stereocenters. The zero-order valence-electron chi connectivity index (χ0n) is 19.5. The van der Waals surface area contributed by atoms with Gasteiger partial charge >= 0.3 is 0 Å². The highest BCUT2D eigenvalue weighted by molar-refractivity contribution is 7.19. The van der Waals surface area contributed by atoms with Crippen molar-refractivity contribution in [1.82, 2.24) is 30.0 Å². The number of thiophene rings is 1. The molecule has 2 aliphatic rings. The average molecular weight is 478 g/mol. The van der Waals surface area contributed by atoms with Gasteiger partial charge < -0.3 is 19.9 Å². The second kappa shape index (κ2) is 8.21. The van der Waals surface area contributed by atoms with Crippen LogP contribution in [0, 0.1) is 5.92 Å². The Morgan fingerprint density at radius 1 is 1.29 bits per heavy atom. The summed E-state index contributed by atoms with van der Waals surface area (Å²) in [5, 5.41) is 12.6. The first-order valence-corrected chi connectivity index (χ1v) is 12.3. The Hall–Kier alpha value is -3.24. The van der Waals surface area contributed by atoms with Gasteiger partial charge in [-0.15, -0.1) is 11.3 Å². The fraction of sp³-hybridized carbons (Fsp3) is 0.417. The van der Waals surface area contributed by atoms with Crippen LogP contribution >= 0.6 is 11.3 Å². The third-order valence-electron chi connectivity index (χ3n) is 7.11. The number of benzene rings is 1. The van der Waals surface area contributed by atoms with Gasteiger partial charge in [0.2, 0.25) is 5.91 Å². The second-order valence-electron chi connectivity index (χ2n) is 9.34. The molecule has 10 heteroatoms. The molecule has 1 amide bonds. The Labute approximate surface area is 201 Å². The van der Waals surface area contributed by atoms with E-state index in [0.717, 1.165) is 65.0 Å². The normalized spacial score (nSPS) is 18.4. The van der Waals surface area contributed by atoms with E-state index in [4.69, 9.17) is 4.74 Å². The molecule has 1 aliphatic carbocycles. The molecule has 6 rings (SSSR count). The highest BCUT2D eigenvalue weighted by Gasteiger charge is 2.37. The van der Waals surface area contributed by atoms with Crippen LogP contribution in [0.1, 0.15) is 16.9 Å². The predicted octanol–water partition coefficient (Wildman–Crippen LogP) is 3.20. The SMILES string of the molecule is COc1cc2[nH]ncc2cc1Nc1ncnc2sc3c(c12)CC[C@H](C(=O)N1CC(N(C)C)C1)C3. The maximum absolute atomic E-state index is 13.1. The van der Waals surface area contributed by atoms with Crippen LogP contribution in [-0.2, 0) is 17.6 Å². The van der Waals surface area contributed by atoms with Crippen molar-refractivity contribution in [3.8, 4) is 5.75 Å². The summed E-state index contributed by atoms with van der Waals surface area (Å²) in [5.74, 6) is 1.83. The van der Waals surface area contributed by atoms with Crippen LogP contribution in [0.3, 0.4) is 0 Å². The Morgan fingerprint density at radius 3 is 2.94 bits per heavy atom. The molecule has 0 bridgehead atoms. The minimum absolute atomic E-state index is 0.0524. The number of aromatic nitrogens is 4. The number of likely N-dealkylation sites (tertiary alicyclic amines) is 1. The minimum Gasteiger partial charge on any atom is -0.494 e. The lowest BCUT2D eigenvalue weighted by Gasteiger charge is -2.44. The van der Waals surface area contributed by atoms with Crippen molar-refractivity contribution in [2.45, 2.75) is 25.3 Å². The maximum Gasteiger partial charge on any atom is 0.226 e. The molecular formula is C24H27N7O2S. The Bertz CT molecular complexity index is 1390. The Balaban J connectivity index is 1.28. The number of rotatable bonds is 5. The number of nitrogens with zero attached hydrogens (tertiary/aromatic N) is 5. The van der Waals surface area contributed by atoms with Crippen molar-refractivity contribution in [3.63, 3.8) is 0 Å². The van der Waals surface area contributed by atoms with Crippen LogP contribution in [0.15, 0.2) is 24.7 Å². The fourth-order valence-corrected chi connectivity index (χ4v) is 6.27. The number of hydrogen-bond acceptors (Lipinski definition) is 8. The number of H-pyrrole nitrogens is 1. The molecule has 3 aromatic heterocycles. The molecule has 4 aromatic rings. The third-order valence-corrected chi connectivity index (χ3v) is 8.27. The highest BCUT2D eigenvalue weighted by atomic mass is 32.1. The quantitative estimate of drug-likeness (QED) is 0.455. The van der Waals surface area contributed by atoms with Gasteiger partial charge in [0.15, 0.2) is 0 Å². The van der Waals surface area contributed by atoms with Crippen LogP contribution in [0.5, 0.6) is 5.75 Å². The molecular weight excluding hydrogens is 450 g/mol. The lowest BCUT2D eigenvalue weighted by molar-refractivity contribution is -0.142. The van der Waals surface area contributed by atoms with Gasteiger partial charge in [-0.3, -0.25) is 9.89 Å². The third kappa shape index (κ3) is 3.48. The molecule has 34 heavy (non-hydrogen) atoms. The minimum atomic E-state index is 0.0524. The van der Waals surface area contributed by atoms with Gasteiger partial charge in [-0.05, 0) is 45.0 Å². The Kier molecular flexibility index (Phi) is 5.14. The monoisotopic (exact) mass is 477 g/mol. The zero-order valence-corrected chi connectivity index (χ0v) is 20.3. The van der Waals surface area contributed by atoms with Crippen molar-refractivity contribution >= 4 is 49.9 Å². The van der Waals surface area contributed by atoms with Crippen molar-refractivity contribution in [2.75, 3.05) is 39.6 Å². The van der Waals surface area contributed by atoms with Gasteiger partial charge in [-0.1, -0.05) is 0 Å². The van der Waals surface area contributed by atoms with Crippen LogP contribution in [0.2, 0.25) is 0 Å². The van der Waals surface area contributed by atoms with Crippen molar-refractivity contribution < 1.29 is 9.53 Å². The van der Waals surface area contributed by atoms with Gasteiger partial charge in [-0.25, -0.2) is 9.97 Å². The molecule has 1 atom stereocenters. The summed E-state index contributed by atoms with van der Waals surface area (Å²) in [6.07, 6.45) is 5.88. The number of aromatic amines is 1. The molecule has 2 N–H and O–H groups in total. The van der Waals surface area contributed by atoms with Gasteiger partial charge in [-0.2, -0.15) is 5.10 Å².